The number of carbonyl (C=O) groups is 1. The smallest absolute Gasteiger partial charge is 0.363 e. The van der Waals surface area contributed by atoms with Gasteiger partial charge in [0, 0.05) is 27.8 Å². The number of cyclic esters (lactones) is 1. The van der Waals surface area contributed by atoms with Gasteiger partial charge in [-0.15, -0.1) is 0 Å². The minimum absolute atomic E-state index is 0.0113. The van der Waals surface area contributed by atoms with Crippen molar-refractivity contribution in [3.05, 3.63) is 107 Å². The quantitative estimate of drug-likeness (QED) is 0.130. The first-order valence-electron chi connectivity index (χ1n) is 9.86. The highest BCUT2D eigenvalue weighted by atomic mass is 79.9. The summed E-state index contributed by atoms with van der Waals surface area (Å²) in [6.45, 7) is 1.91. The van der Waals surface area contributed by atoms with Gasteiger partial charge >= 0.3 is 5.97 Å². The maximum absolute atomic E-state index is 12.4. The molecule has 0 saturated heterocycles. The number of aliphatic imine (C=N–C) groups is 1. The van der Waals surface area contributed by atoms with Crippen LogP contribution < -0.4 is 4.74 Å². The molecule has 34 heavy (non-hydrogen) atoms. The Balaban J connectivity index is 1.58. The molecular weight excluding hydrogens is 592 g/mol. The van der Waals surface area contributed by atoms with Crippen molar-refractivity contribution < 1.29 is 19.2 Å². The fourth-order valence-electron chi connectivity index (χ4n) is 3.20. The van der Waals surface area contributed by atoms with Crippen molar-refractivity contribution in [3.8, 4) is 5.75 Å². The SMILES string of the molecule is Cc1ccc(C2=N/C(=C\c3cc(Br)c(OCc4ccccc4Cl)c(Br)c3)C(=O)O2)cc1[N+](=O)[O-]. The summed E-state index contributed by atoms with van der Waals surface area (Å²) in [5, 5.41) is 11.8. The van der Waals surface area contributed by atoms with Gasteiger partial charge in [0.1, 0.15) is 12.4 Å². The van der Waals surface area contributed by atoms with Crippen LogP contribution in [0, 0.1) is 17.0 Å². The summed E-state index contributed by atoms with van der Waals surface area (Å²) in [5.41, 5.74) is 2.35. The monoisotopic (exact) mass is 604 g/mol. The standard InChI is InChI=1S/C24H15Br2ClN2O5/c1-13-6-7-15(11-21(13)29(31)32)23-28-20(24(30)34-23)10-14-8-17(25)22(18(26)9-14)33-12-16-4-2-3-5-19(16)27/h2-11H,12H2,1H3/b20-10-. The Bertz CT molecular complexity index is 1360. The Kier molecular flexibility index (Phi) is 7.16. The van der Waals surface area contributed by atoms with Gasteiger partial charge in [-0.1, -0.05) is 35.9 Å². The molecule has 10 heteroatoms. The third-order valence-corrected chi connectivity index (χ3v) is 6.47. The molecule has 0 saturated carbocycles. The molecule has 1 aliphatic rings. The number of hydrogen-bond donors (Lipinski definition) is 0. The van der Waals surface area contributed by atoms with Gasteiger partial charge in [-0.3, -0.25) is 10.1 Å². The lowest BCUT2D eigenvalue weighted by Gasteiger charge is -2.12. The second-order valence-electron chi connectivity index (χ2n) is 7.29. The van der Waals surface area contributed by atoms with Crippen molar-refractivity contribution in [2.45, 2.75) is 13.5 Å². The van der Waals surface area contributed by atoms with Crippen LogP contribution in [0.2, 0.25) is 5.02 Å². The van der Waals surface area contributed by atoms with Gasteiger partial charge in [0.05, 0.1) is 13.9 Å². The molecule has 0 aliphatic carbocycles. The van der Waals surface area contributed by atoms with Crippen LogP contribution in [0.4, 0.5) is 5.69 Å². The van der Waals surface area contributed by atoms with E-state index < -0.39 is 10.9 Å². The molecule has 3 aromatic carbocycles. The van der Waals surface area contributed by atoms with Crippen LogP contribution in [-0.2, 0) is 16.1 Å². The molecule has 0 amide bonds. The molecule has 1 heterocycles. The van der Waals surface area contributed by atoms with Gasteiger partial charge in [0.25, 0.3) is 5.69 Å². The topological polar surface area (TPSA) is 91.0 Å². The molecular formula is C24H15Br2ClN2O5. The third-order valence-electron chi connectivity index (χ3n) is 4.93. The number of benzene rings is 3. The van der Waals surface area contributed by atoms with Crippen molar-refractivity contribution in [3.63, 3.8) is 0 Å². The third kappa shape index (κ3) is 5.22. The predicted octanol–water partition coefficient (Wildman–Crippen LogP) is 7.01. The minimum Gasteiger partial charge on any atom is -0.486 e. The Hall–Kier alpha value is -3.01. The number of nitro benzene ring substituents is 1. The first-order chi connectivity index (χ1) is 16.2. The summed E-state index contributed by atoms with van der Waals surface area (Å²) in [7, 11) is 0. The predicted molar refractivity (Wildman–Crippen MR) is 136 cm³/mol. The highest BCUT2D eigenvalue weighted by Gasteiger charge is 2.26. The van der Waals surface area contributed by atoms with E-state index in [1.807, 2.05) is 18.2 Å². The van der Waals surface area contributed by atoms with E-state index in [4.69, 9.17) is 21.1 Å². The molecule has 4 rings (SSSR count). The van der Waals surface area contributed by atoms with Gasteiger partial charge in [0.2, 0.25) is 5.90 Å². The number of nitro groups is 1. The number of esters is 1. The van der Waals surface area contributed by atoms with Crippen LogP contribution in [0.5, 0.6) is 5.75 Å². The van der Waals surface area contributed by atoms with Gasteiger partial charge in [-0.25, -0.2) is 9.79 Å². The fraction of sp³-hybridized carbons (Fsp3) is 0.0833. The van der Waals surface area contributed by atoms with Gasteiger partial charge in [0.15, 0.2) is 5.70 Å². The normalized spacial score (nSPS) is 14.2. The molecule has 1 aliphatic heterocycles. The van der Waals surface area contributed by atoms with Gasteiger partial charge < -0.3 is 9.47 Å². The summed E-state index contributed by atoms with van der Waals surface area (Å²) >= 11 is 13.2. The van der Waals surface area contributed by atoms with E-state index in [2.05, 4.69) is 36.9 Å². The van der Waals surface area contributed by atoms with Crippen LogP contribution >= 0.6 is 43.5 Å². The average molecular weight is 607 g/mol. The van der Waals surface area contributed by atoms with E-state index in [9.17, 15) is 14.9 Å². The molecule has 172 valence electrons. The zero-order valence-corrected chi connectivity index (χ0v) is 21.5. The lowest BCUT2D eigenvalue weighted by Crippen LogP contribution is -2.06. The largest absolute Gasteiger partial charge is 0.486 e. The van der Waals surface area contributed by atoms with E-state index in [1.165, 1.54) is 6.07 Å². The molecule has 0 spiro atoms. The number of hydrogen-bond acceptors (Lipinski definition) is 6. The molecule has 7 nitrogen and oxygen atoms in total. The van der Waals surface area contributed by atoms with Crippen molar-refractivity contribution in [2.24, 2.45) is 4.99 Å². The van der Waals surface area contributed by atoms with E-state index in [0.29, 0.717) is 36.4 Å². The highest BCUT2D eigenvalue weighted by Crippen LogP contribution is 2.36. The maximum atomic E-state index is 12.4. The van der Waals surface area contributed by atoms with Crippen molar-refractivity contribution in [1.82, 2.24) is 0 Å². The van der Waals surface area contributed by atoms with Crippen molar-refractivity contribution in [1.29, 1.82) is 0 Å². The van der Waals surface area contributed by atoms with Crippen LogP contribution in [0.25, 0.3) is 6.08 Å². The fourth-order valence-corrected chi connectivity index (χ4v) is 4.84. The maximum Gasteiger partial charge on any atom is 0.363 e. The number of rotatable bonds is 6. The Morgan fingerprint density at radius 2 is 1.85 bits per heavy atom. The summed E-state index contributed by atoms with van der Waals surface area (Å²) < 4.78 is 12.5. The second-order valence-corrected chi connectivity index (χ2v) is 9.40. The number of nitrogens with zero attached hydrogens (tertiary/aromatic N) is 2. The molecule has 0 atom stereocenters. The highest BCUT2D eigenvalue weighted by molar-refractivity contribution is 9.11. The van der Waals surface area contributed by atoms with Crippen molar-refractivity contribution >= 4 is 67.1 Å². The Morgan fingerprint density at radius 3 is 2.53 bits per heavy atom. The van der Waals surface area contributed by atoms with E-state index in [-0.39, 0.29) is 23.9 Å². The molecule has 0 fully saturated rings. The minimum atomic E-state index is -0.649. The lowest BCUT2D eigenvalue weighted by molar-refractivity contribution is -0.385. The van der Waals surface area contributed by atoms with E-state index in [1.54, 1.807) is 43.3 Å². The summed E-state index contributed by atoms with van der Waals surface area (Å²) in [5.74, 6) is -0.0612. The van der Waals surface area contributed by atoms with Crippen LogP contribution in [-0.4, -0.2) is 16.8 Å². The number of carbonyl (C=O) groups excluding carboxylic acids is 1. The van der Waals surface area contributed by atoms with Crippen LogP contribution in [0.3, 0.4) is 0 Å². The molecule has 0 radical (unpaired) electrons. The lowest BCUT2D eigenvalue weighted by atomic mass is 10.1. The zero-order valence-electron chi connectivity index (χ0n) is 17.6. The van der Waals surface area contributed by atoms with Gasteiger partial charge in [-0.05, 0) is 74.7 Å². The molecule has 3 aromatic rings. The van der Waals surface area contributed by atoms with E-state index in [0.717, 1.165) is 5.56 Å². The number of aryl methyl sites for hydroxylation is 1. The summed E-state index contributed by atoms with van der Waals surface area (Å²) in [6, 6.07) is 15.5. The zero-order chi connectivity index (χ0) is 24.4. The first-order valence-corrected chi connectivity index (χ1v) is 11.8. The first kappa shape index (κ1) is 24.1. The number of halogens is 3. The Labute approximate surface area is 216 Å². The average Bonchev–Trinajstić information content (AvgIpc) is 3.14. The number of ether oxygens (including phenoxy) is 2. The molecule has 0 aromatic heterocycles. The molecule has 0 unspecified atom stereocenters. The Morgan fingerprint density at radius 1 is 1.15 bits per heavy atom. The van der Waals surface area contributed by atoms with Gasteiger partial charge in [-0.2, -0.15) is 0 Å². The summed E-state index contributed by atoms with van der Waals surface area (Å²) in [4.78, 5) is 27.3. The van der Waals surface area contributed by atoms with Crippen LogP contribution in [0.15, 0.2) is 74.2 Å². The van der Waals surface area contributed by atoms with Crippen molar-refractivity contribution in [2.75, 3.05) is 0 Å². The second kappa shape index (κ2) is 10.1. The van der Waals surface area contributed by atoms with E-state index >= 15 is 0 Å². The molecule has 0 N–H and O–H groups in total. The molecule has 0 bridgehead atoms. The van der Waals surface area contributed by atoms with Crippen LogP contribution in [0.1, 0.15) is 22.3 Å². The summed E-state index contributed by atoms with van der Waals surface area (Å²) in [6.07, 6.45) is 1.56.